The summed E-state index contributed by atoms with van der Waals surface area (Å²) in [6, 6.07) is 7.06. The summed E-state index contributed by atoms with van der Waals surface area (Å²) >= 11 is 7.26. The fraction of sp³-hybridized carbons (Fsp3) is 0.389. The van der Waals surface area contributed by atoms with Crippen molar-refractivity contribution in [1.82, 2.24) is 4.98 Å². The van der Waals surface area contributed by atoms with E-state index in [4.69, 9.17) is 11.6 Å². The molecule has 0 saturated heterocycles. The van der Waals surface area contributed by atoms with Crippen LogP contribution in [0.25, 0.3) is 0 Å². The topological polar surface area (TPSA) is 71.1 Å². The van der Waals surface area contributed by atoms with Gasteiger partial charge in [0.15, 0.2) is 5.13 Å². The fourth-order valence-corrected chi connectivity index (χ4v) is 4.02. The van der Waals surface area contributed by atoms with Gasteiger partial charge in [0, 0.05) is 5.92 Å². The van der Waals surface area contributed by atoms with Crippen LogP contribution in [0.5, 0.6) is 0 Å². The van der Waals surface area contributed by atoms with Crippen molar-refractivity contribution in [3.8, 4) is 0 Å². The number of aromatic nitrogens is 1. The maximum absolute atomic E-state index is 12.5. The maximum Gasteiger partial charge on any atom is 0.267 e. The molecule has 0 spiro atoms. The van der Waals surface area contributed by atoms with E-state index in [9.17, 15) is 9.59 Å². The van der Waals surface area contributed by atoms with E-state index in [0.717, 1.165) is 25.7 Å². The summed E-state index contributed by atoms with van der Waals surface area (Å²) in [6.45, 7) is 1.76. The third-order valence-electron chi connectivity index (χ3n) is 4.33. The van der Waals surface area contributed by atoms with Crippen LogP contribution in [0.3, 0.4) is 0 Å². The number of rotatable bonds is 4. The molecule has 1 saturated carbocycles. The maximum atomic E-state index is 12.5. The summed E-state index contributed by atoms with van der Waals surface area (Å²) in [5.41, 5.74) is 1.14. The largest absolute Gasteiger partial charge is 0.320 e. The zero-order valence-corrected chi connectivity index (χ0v) is 15.5. The van der Waals surface area contributed by atoms with E-state index in [2.05, 4.69) is 15.6 Å². The first-order chi connectivity index (χ1) is 12.0. The van der Waals surface area contributed by atoms with Gasteiger partial charge in [-0.15, -0.1) is 0 Å². The molecular formula is C18H20ClN3O2S. The Morgan fingerprint density at radius 3 is 2.60 bits per heavy atom. The second-order valence-electron chi connectivity index (χ2n) is 6.19. The highest BCUT2D eigenvalue weighted by atomic mass is 35.5. The van der Waals surface area contributed by atoms with Gasteiger partial charge in [-0.25, -0.2) is 4.98 Å². The van der Waals surface area contributed by atoms with Crippen molar-refractivity contribution in [3.05, 3.63) is 39.9 Å². The number of thiazole rings is 1. The van der Waals surface area contributed by atoms with Crippen molar-refractivity contribution in [2.45, 2.75) is 39.0 Å². The van der Waals surface area contributed by atoms with Crippen LogP contribution in [0.4, 0.5) is 10.8 Å². The number of halogens is 1. The molecule has 1 aliphatic carbocycles. The number of para-hydroxylation sites is 1. The number of amides is 2. The number of carbonyl (C=O) groups excluding carboxylic acids is 2. The Kier molecular flexibility index (Phi) is 5.71. The van der Waals surface area contributed by atoms with Gasteiger partial charge in [-0.05, 0) is 31.9 Å². The summed E-state index contributed by atoms with van der Waals surface area (Å²) in [4.78, 5) is 29.6. The average Bonchev–Trinajstić information content (AvgIpc) is 2.98. The van der Waals surface area contributed by atoms with E-state index in [1.165, 1.54) is 17.8 Å². The smallest absolute Gasteiger partial charge is 0.267 e. The normalized spacial score (nSPS) is 15.0. The number of nitrogens with zero attached hydrogens (tertiary/aromatic N) is 1. The van der Waals surface area contributed by atoms with E-state index in [0.29, 0.717) is 26.4 Å². The van der Waals surface area contributed by atoms with E-state index in [1.807, 2.05) is 0 Å². The zero-order valence-electron chi connectivity index (χ0n) is 14.0. The Hall–Kier alpha value is -1.92. The minimum absolute atomic E-state index is 0.00603. The highest BCUT2D eigenvalue weighted by Gasteiger charge is 2.23. The Balaban J connectivity index is 1.68. The van der Waals surface area contributed by atoms with Gasteiger partial charge in [0.25, 0.3) is 5.91 Å². The molecule has 1 fully saturated rings. The standard InChI is InChI=1S/C18H20ClN3O2S/c1-11-15(17(24)21-14-10-6-5-9-13(14)19)25-18(20-11)22-16(23)12-7-3-2-4-8-12/h5-6,9-10,12H,2-4,7-8H2,1H3,(H,21,24)(H,20,22,23). The highest BCUT2D eigenvalue weighted by molar-refractivity contribution is 7.17. The van der Waals surface area contributed by atoms with Crippen LogP contribution in [-0.2, 0) is 4.79 Å². The van der Waals surface area contributed by atoms with E-state index < -0.39 is 0 Å². The number of hydrogen-bond donors (Lipinski definition) is 2. The fourth-order valence-electron chi connectivity index (χ4n) is 2.97. The van der Waals surface area contributed by atoms with Crippen LogP contribution in [0.1, 0.15) is 47.5 Å². The molecular weight excluding hydrogens is 358 g/mol. The van der Waals surface area contributed by atoms with Crippen LogP contribution in [0.2, 0.25) is 5.02 Å². The minimum Gasteiger partial charge on any atom is -0.320 e. The first kappa shape index (κ1) is 17.9. The quantitative estimate of drug-likeness (QED) is 0.797. The number of aryl methyl sites for hydroxylation is 1. The van der Waals surface area contributed by atoms with Crippen LogP contribution >= 0.6 is 22.9 Å². The number of hydrogen-bond acceptors (Lipinski definition) is 4. The lowest BCUT2D eigenvalue weighted by atomic mass is 9.89. The molecule has 2 aromatic rings. The summed E-state index contributed by atoms with van der Waals surface area (Å²) in [5.74, 6) is -0.217. The third kappa shape index (κ3) is 4.38. The first-order valence-corrected chi connectivity index (χ1v) is 9.58. The van der Waals surface area contributed by atoms with Crippen LogP contribution < -0.4 is 10.6 Å². The molecule has 0 bridgehead atoms. The zero-order chi connectivity index (χ0) is 17.8. The van der Waals surface area contributed by atoms with E-state index >= 15 is 0 Å². The Morgan fingerprint density at radius 2 is 1.88 bits per heavy atom. The lowest BCUT2D eigenvalue weighted by molar-refractivity contribution is -0.120. The molecule has 1 aromatic carbocycles. The molecule has 0 radical (unpaired) electrons. The van der Waals surface area contributed by atoms with E-state index in [-0.39, 0.29) is 17.7 Å². The molecule has 0 atom stereocenters. The van der Waals surface area contributed by atoms with Gasteiger partial charge in [0.1, 0.15) is 4.88 Å². The van der Waals surface area contributed by atoms with E-state index in [1.54, 1.807) is 31.2 Å². The van der Waals surface area contributed by atoms with Crippen molar-refractivity contribution in [2.24, 2.45) is 5.92 Å². The van der Waals surface area contributed by atoms with Gasteiger partial charge in [-0.1, -0.05) is 54.3 Å². The highest BCUT2D eigenvalue weighted by Crippen LogP contribution is 2.28. The molecule has 1 heterocycles. The van der Waals surface area contributed by atoms with Crippen molar-refractivity contribution >= 4 is 45.6 Å². The van der Waals surface area contributed by atoms with Gasteiger partial charge < -0.3 is 10.6 Å². The molecule has 5 nitrogen and oxygen atoms in total. The van der Waals surface area contributed by atoms with Gasteiger partial charge in [-0.3, -0.25) is 9.59 Å². The lowest BCUT2D eigenvalue weighted by Crippen LogP contribution is -2.24. The second kappa shape index (κ2) is 7.97. The van der Waals surface area contributed by atoms with Crippen molar-refractivity contribution < 1.29 is 9.59 Å². The Morgan fingerprint density at radius 1 is 1.16 bits per heavy atom. The van der Waals surface area contributed by atoms with Crippen LogP contribution in [-0.4, -0.2) is 16.8 Å². The Bertz CT molecular complexity index is 784. The number of benzene rings is 1. The van der Waals surface area contributed by atoms with Crippen molar-refractivity contribution in [2.75, 3.05) is 10.6 Å². The SMILES string of the molecule is Cc1nc(NC(=O)C2CCCCC2)sc1C(=O)Nc1ccccc1Cl. The monoisotopic (exact) mass is 377 g/mol. The van der Waals surface area contributed by atoms with Gasteiger partial charge in [0.2, 0.25) is 5.91 Å². The van der Waals surface area contributed by atoms with Gasteiger partial charge in [0.05, 0.1) is 16.4 Å². The summed E-state index contributed by atoms with van der Waals surface area (Å²) in [5, 5.41) is 6.60. The predicted octanol–water partition coefficient (Wildman–Crippen LogP) is 4.88. The number of nitrogens with one attached hydrogen (secondary N) is 2. The summed E-state index contributed by atoms with van der Waals surface area (Å²) < 4.78 is 0. The van der Waals surface area contributed by atoms with Crippen LogP contribution in [0.15, 0.2) is 24.3 Å². The molecule has 3 rings (SSSR count). The summed E-state index contributed by atoms with van der Waals surface area (Å²) in [7, 11) is 0. The minimum atomic E-state index is -0.277. The molecule has 25 heavy (non-hydrogen) atoms. The number of carbonyl (C=O) groups is 2. The Labute approximate surface area is 155 Å². The third-order valence-corrected chi connectivity index (χ3v) is 5.73. The molecule has 1 aliphatic rings. The molecule has 7 heteroatoms. The van der Waals surface area contributed by atoms with Crippen LogP contribution in [0, 0.1) is 12.8 Å². The first-order valence-electron chi connectivity index (χ1n) is 8.39. The molecule has 2 amide bonds. The molecule has 1 aromatic heterocycles. The average molecular weight is 378 g/mol. The molecule has 132 valence electrons. The lowest BCUT2D eigenvalue weighted by Gasteiger charge is -2.19. The summed E-state index contributed by atoms with van der Waals surface area (Å²) in [6.07, 6.45) is 5.25. The van der Waals surface area contributed by atoms with Gasteiger partial charge >= 0.3 is 0 Å². The molecule has 0 unspecified atom stereocenters. The second-order valence-corrected chi connectivity index (χ2v) is 7.60. The number of anilines is 2. The predicted molar refractivity (Wildman–Crippen MR) is 101 cm³/mol. The van der Waals surface area contributed by atoms with Crippen molar-refractivity contribution in [1.29, 1.82) is 0 Å². The van der Waals surface area contributed by atoms with Crippen molar-refractivity contribution in [3.63, 3.8) is 0 Å². The molecule has 2 N–H and O–H groups in total. The van der Waals surface area contributed by atoms with Gasteiger partial charge in [-0.2, -0.15) is 0 Å². The molecule has 0 aliphatic heterocycles.